The molecule has 1 heterocycles. The van der Waals surface area contributed by atoms with Crippen LogP contribution in [0.4, 0.5) is 8.78 Å². The Balaban J connectivity index is 2.00. The summed E-state index contributed by atoms with van der Waals surface area (Å²) >= 11 is 0. The molecule has 2 aromatic rings. The molecule has 0 aliphatic rings. The van der Waals surface area contributed by atoms with Crippen molar-refractivity contribution in [2.75, 3.05) is 0 Å². The minimum absolute atomic E-state index is 0.236. The number of rotatable bonds is 6. The van der Waals surface area contributed by atoms with E-state index in [-0.39, 0.29) is 5.52 Å². The van der Waals surface area contributed by atoms with Crippen molar-refractivity contribution in [2.45, 2.75) is 45.4 Å². The maximum atomic E-state index is 13.4. The van der Waals surface area contributed by atoms with E-state index >= 15 is 0 Å². The number of unbranched alkanes of at least 4 members (excludes halogenated alkanes) is 4. The first-order chi connectivity index (χ1) is 8.70. The molecule has 0 saturated carbocycles. The number of H-pyrrole nitrogens is 1. The van der Waals surface area contributed by atoms with E-state index in [0.29, 0.717) is 5.52 Å². The highest BCUT2D eigenvalue weighted by Gasteiger charge is 2.09. The predicted octanol–water partition coefficient (Wildman–Crippen LogP) is 4.35. The highest BCUT2D eigenvalue weighted by atomic mass is 19.1. The zero-order chi connectivity index (χ0) is 13.0. The van der Waals surface area contributed by atoms with Gasteiger partial charge in [-0.25, -0.2) is 13.8 Å². The lowest BCUT2D eigenvalue weighted by molar-refractivity contribution is 0.590. The van der Waals surface area contributed by atoms with Gasteiger partial charge in [0.15, 0.2) is 5.82 Å². The van der Waals surface area contributed by atoms with Crippen LogP contribution in [0.15, 0.2) is 12.1 Å². The van der Waals surface area contributed by atoms with E-state index in [0.717, 1.165) is 31.2 Å². The van der Waals surface area contributed by atoms with E-state index < -0.39 is 11.6 Å². The van der Waals surface area contributed by atoms with Gasteiger partial charge in [0.05, 0.1) is 5.52 Å². The Morgan fingerprint density at radius 3 is 2.67 bits per heavy atom. The van der Waals surface area contributed by atoms with E-state index in [4.69, 9.17) is 0 Å². The molecule has 98 valence electrons. The molecule has 0 aliphatic heterocycles. The summed E-state index contributed by atoms with van der Waals surface area (Å²) in [5.41, 5.74) is 0.677. The Hall–Kier alpha value is -1.45. The molecule has 4 heteroatoms. The number of hydrogen-bond acceptors (Lipinski definition) is 1. The molecular weight excluding hydrogens is 234 g/mol. The largest absolute Gasteiger partial charge is 0.342 e. The molecule has 2 rings (SSSR count). The number of fused-ring (bicyclic) bond motifs is 1. The second-order valence-electron chi connectivity index (χ2n) is 4.63. The number of aryl methyl sites for hydroxylation is 1. The Kier molecular flexibility index (Phi) is 4.28. The first-order valence-electron chi connectivity index (χ1n) is 6.54. The molecule has 2 nitrogen and oxygen atoms in total. The van der Waals surface area contributed by atoms with Gasteiger partial charge in [0.1, 0.15) is 17.2 Å². The van der Waals surface area contributed by atoms with Crippen LogP contribution in [0.3, 0.4) is 0 Å². The molecule has 0 aliphatic carbocycles. The maximum Gasteiger partial charge on any atom is 0.153 e. The van der Waals surface area contributed by atoms with E-state index in [1.807, 2.05) is 0 Å². The summed E-state index contributed by atoms with van der Waals surface area (Å²) in [4.78, 5) is 7.15. The molecule has 1 aromatic carbocycles. The zero-order valence-corrected chi connectivity index (χ0v) is 10.6. The number of benzene rings is 1. The Morgan fingerprint density at radius 2 is 1.89 bits per heavy atom. The van der Waals surface area contributed by atoms with Crippen LogP contribution in [0.25, 0.3) is 11.0 Å². The van der Waals surface area contributed by atoms with Crippen molar-refractivity contribution < 1.29 is 8.78 Å². The molecule has 1 N–H and O–H groups in total. The van der Waals surface area contributed by atoms with E-state index in [1.54, 1.807) is 0 Å². The monoisotopic (exact) mass is 252 g/mol. The van der Waals surface area contributed by atoms with Crippen LogP contribution in [0, 0.1) is 11.6 Å². The summed E-state index contributed by atoms with van der Waals surface area (Å²) in [5, 5.41) is 0. The van der Waals surface area contributed by atoms with Crippen molar-refractivity contribution >= 4 is 11.0 Å². The molecule has 18 heavy (non-hydrogen) atoms. The number of nitrogens with one attached hydrogen (secondary N) is 1. The fraction of sp³-hybridized carbons (Fsp3) is 0.500. The Morgan fingerprint density at radius 1 is 1.11 bits per heavy atom. The fourth-order valence-electron chi connectivity index (χ4n) is 2.11. The van der Waals surface area contributed by atoms with Crippen molar-refractivity contribution in [2.24, 2.45) is 0 Å². The molecule has 0 bridgehead atoms. The highest BCUT2D eigenvalue weighted by Crippen LogP contribution is 2.18. The van der Waals surface area contributed by atoms with Crippen LogP contribution in [0.2, 0.25) is 0 Å². The minimum atomic E-state index is -0.599. The van der Waals surface area contributed by atoms with Gasteiger partial charge in [0.2, 0.25) is 0 Å². The standard InChI is InChI=1S/C14H18F2N2/c1-2-3-4-5-6-7-13-17-12-9-10(15)8-11(16)14(12)18-13/h8-9H,2-7H2,1H3,(H,17,18). The average Bonchev–Trinajstić information content (AvgIpc) is 2.72. The molecule has 0 atom stereocenters. The van der Waals surface area contributed by atoms with Crippen molar-refractivity contribution in [3.05, 3.63) is 29.6 Å². The van der Waals surface area contributed by atoms with Crippen LogP contribution in [0.5, 0.6) is 0 Å². The lowest BCUT2D eigenvalue weighted by Crippen LogP contribution is -1.88. The zero-order valence-electron chi connectivity index (χ0n) is 10.6. The van der Waals surface area contributed by atoms with Crippen molar-refractivity contribution in [3.63, 3.8) is 0 Å². The number of aromatic nitrogens is 2. The summed E-state index contributed by atoms with van der Waals surface area (Å²) in [7, 11) is 0. The third-order valence-corrected chi connectivity index (χ3v) is 3.07. The van der Waals surface area contributed by atoms with Crippen molar-refractivity contribution in [3.8, 4) is 0 Å². The first-order valence-corrected chi connectivity index (χ1v) is 6.54. The van der Waals surface area contributed by atoms with Gasteiger partial charge in [-0.15, -0.1) is 0 Å². The third-order valence-electron chi connectivity index (χ3n) is 3.07. The van der Waals surface area contributed by atoms with Crippen LogP contribution < -0.4 is 0 Å². The first kappa shape index (κ1) is 13.0. The molecule has 0 spiro atoms. The van der Waals surface area contributed by atoms with Gasteiger partial charge in [0.25, 0.3) is 0 Å². The molecule has 0 saturated heterocycles. The molecule has 0 amide bonds. The number of halogens is 2. The van der Waals surface area contributed by atoms with Gasteiger partial charge in [-0.1, -0.05) is 32.6 Å². The normalized spacial score (nSPS) is 11.3. The molecule has 1 aromatic heterocycles. The van der Waals surface area contributed by atoms with Gasteiger partial charge in [-0.3, -0.25) is 0 Å². The summed E-state index contributed by atoms with van der Waals surface area (Å²) in [5.74, 6) is -0.428. The smallest absolute Gasteiger partial charge is 0.153 e. The summed E-state index contributed by atoms with van der Waals surface area (Å²) in [6, 6.07) is 2.15. The summed E-state index contributed by atoms with van der Waals surface area (Å²) in [6.07, 6.45) is 6.67. The quantitative estimate of drug-likeness (QED) is 0.760. The van der Waals surface area contributed by atoms with Gasteiger partial charge >= 0.3 is 0 Å². The van der Waals surface area contributed by atoms with Gasteiger partial charge < -0.3 is 4.98 Å². The highest BCUT2D eigenvalue weighted by molar-refractivity contribution is 5.75. The number of aromatic amines is 1. The van der Waals surface area contributed by atoms with E-state index in [1.165, 1.54) is 25.3 Å². The van der Waals surface area contributed by atoms with E-state index in [9.17, 15) is 8.78 Å². The molecule has 0 unspecified atom stereocenters. The lowest BCUT2D eigenvalue weighted by atomic mass is 10.1. The second-order valence-corrected chi connectivity index (χ2v) is 4.63. The lowest BCUT2D eigenvalue weighted by Gasteiger charge is -1.97. The number of nitrogens with zero attached hydrogens (tertiary/aromatic N) is 1. The van der Waals surface area contributed by atoms with Crippen molar-refractivity contribution in [1.82, 2.24) is 9.97 Å². The van der Waals surface area contributed by atoms with Gasteiger partial charge in [0, 0.05) is 12.5 Å². The van der Waals surface area contributed by atoms with Crippen LogP contribution in [-0.4, -0.2) is 9.97 Å². The van der Waals surface area contributed by atoms with Crippen LogP contribution in [0.1, 0.15) is 44.9 Å². The van der Waals surface area contributed by atoms with Gasteiger partial charge in [-0.05, 0) is 12.5 Å². The molecule has 0 fully saturated rings. The number of imidazole rings is 1. The van der Waals surface area contributed by atoms with Crippen LogP contribution >= 0.6 is 0 Å². The van der Waals surface area contributed by atoms with E-state index in [2.05, 4.69) is 16.9 Å². The minimum Gasteiger partial charge on any atom is -0.342 e. The SMILES string of the molecule is CCCCCCCc1nc2c(F)cc(F)cc2[nH]1. The van der Waals surface area contributed by atoms with Crippen LogP contribution in [-0.2, 0) is 6.42 Å². The topological polar surface area (TPSA) is 28.7 Å². The molecule has 0 radical (unpaired) electrons. The Bertz CT molecular complexity index is 520. The average molecular weight is 252 g/mol. The Labute approximate surface area is 105 Å². The van der Waals surface area contributed by atoms with Gasteiger partial charge in [-0.2, -0.15) is 0 Å². The predicted molar refractivity (Wildman–Crippen MR) is 68.5 cm³/mol. The molecular formula is C14H18F2N2. The second kappa shape index (κ2) is 5.94. The summed E-state index contributed by atoms with van der Waals surface area (Å²) < 4.78 is 26.4. The maximum absolute atomic E-state index is 13.4. The summed E-state index contributed by atoms with van der Waals surface area (Å²) in [6.45, 7) is 2.18. The third kappa shape index (κ3) is 3.06. The number of hydrogen-bond donors (Lipinski definition) is 1. The fourth-order valence-corrected chi connectivity index (χ4v) is 2.11. The van der Waals surface area contributed by atoms with Crippen molar-refractivity contribution in [1.29, 1.82) is 0 Å².